The number of para-hydroxylation sites is 1. The quantitative estimate of drug-likeness (QED) is 0.857. The van der Waals surface area contributed by atoms with E-state index in [1.165, 1.54) is 5.56 Å². The Morgan fingerprint density at radius 2 is 1.87 bits per heavy atom. The van der Waals surface area contributed by atoms with Gasteiger partial charge in [0, 0.05) is 29.4 Å². The molecule has 0 aliphatic rings. The predicted octanol–water partition coefficient (Wildman–Crippen LogP) is 4.45. The molecule has 0 unspecified atom stereocenters. The van der Waals surface area contributed by atoms with E-state index < -0.39 is 0 Å². The fourth-order valence-electron chi connectivity index (χ4n) is 2.84. The minimum absolute atomic E-state index is 0.0232. The number of hydrogen-bond acceptors (Lipinski definition) is 3. The van der Waals surface area contributed by atoms with Gasteiger partial charge in [-0.25, -0.2) is 0 Å². The van der Waals surface area contributed by atoms with E-state index >= 15 is 0 Å². The van der Waals surface area contributed by atoms with Gasteiger partial charge in [0.1, 0.15) is 5.75 Å². The maximum absolute atomic E-state index is 10.1. The van der Waals surface area contributed by atoms with E-state index in [0.29, 0.717) is 5.75 Å². The molecule has 2 N–H and O–H groups in total. The summed E-state index contributed by atoms with van der Waals surface area (Å²) >= 11 is 0. The number of nitrogens with zero attached hydrogens (tertiary/aromatic N) is 2. The second-order valence-corrected chi connectivity index (χ2v) is 7.19. The van der Waals surface area contributed by atoms with Crippen molar-refractivity contribution in [2.75, 3.05) is 0 Å². The molecule has 0 fully saturated rings. The average Bonchev–Trinajstić information content (AvgIpc) is 2.87. The van der Waals surface area contributed by atoms with E-state index in [1.54, 1.807) is 6.07 Å². The van der Waals surface area contributed by atoms with Gasteiger partial charge in [0.2, 0.25) is 0 Å². The number of nitrogens with one attached hydrogen (secondary N) is 1. The molecule has 0 saturated carbocycles. The number of phenols is 1. The first-order valence-corrected chi connectivity index (χ1v) is 8.34. The Morgan fingerprint density at radius 1 is 1.22 bits per heavy atom. The number of aromatic hydroxyl groups is 1. The molecule has 1 heterocycles. The van der Waals surface area contributed by atoms with Crippen LogP contribution in [0.15, 0.2) is 30.5 Å². The van der Waals surface area contributed by atoms with E-state index in [4.69, 9.17) is 0 Å². The molecule has 0 aliphatic heterocycles. The summed E-state index contributed by atoms with van der Waals surface area (Å²) in [6.45, 7) is 12.8. The number of aryl methyl sites for hydroxylation is 1. The largest absolute Gasteiger partial charge is 0.508 e. The highest BCUT2D eigenvalue weighted by atomic mass is 16.3. The van der Waals surface area contributed by atoms with Crippen LogP contribution < -0.4 is 5.32 Å². The van der Waals surface area contributed by atoms with Gasteiger partial charge in [-0.05, 0) is 47.1 Å². The van der Waals surface area contributed by atoms with Gasteiger partial charge in [-0.15, -0.1) is 0 Å². The molecule has 1 aromatic carbocycles. The molecule has 2 aromatic rings. The van der Waals surface area contributed by atoms with Crippen LogP contribution in [0.4, 0.5) is 0 Å². The highest BCUT2D eigenvalue weighted by Gasteiger charge is 2.22. The molecular formula is C19H29N3O. The van der Waals surface area contributed by atoms with Crippen LogP contribution in [0.5, 0.6) is 5.75 Å². The third kappa shape index (κ3) is 3.94. The Hall–Kier alpha value is -1.81. The van der Waals surface area contributed by atoms with Crippen LogP contribution in [-0.4, -0.2) is 14.9 Å². The second kappa shape index (κ2) is 6.75. The van der Waals surface area contributed by atoms with Crippen LogP contribution in [0.3, 0.4) is 0 Å². The van der Waals surface area contributed by atoms with E-state index in [1.807, 2.05) is 22.9 Å². The van der Waals surface area contributed by atoms with E-state index in [2.05, 4.69) is 58.2 Å². The van der Waals surface area contributed by atoms with E-state index in [-0.39, 0.29) is 17.6 Å². The summed E-state index contributed by atoms with van der Waals surface area (Å²) in [4.78, 5) is 0. The lowest BCUT2D eigenvalue weighted by molar-refractivity contribution is 0.353. The van der Waals surface area contributed by atoms with Crippen molar-refractivity contribution in [1.29, 1.82) is 0 Å². The molecule has 0 amide bonds. The molecule has 4 nitrogen and oxygen atoms in total. The molecule has 1 aromatic heterocycles. The minimum atomic E-state index is -0.0232. The van der Waals surface area contributed by atoms with Crippen LogP contribution in [0.25, 0.3) is 0 Å². The SMILES string of the molecule is CC[C@H](N[C@@H](C)c1cn(C(C)(C)C)nc1C)c1ccccc1O. The Balaban J connectivity index is 2.22. The van der Waals surface area contributed by atoms with Gasteiger partial charge in [0.25, 0.3) is 0 Å². The lowest BCUT2D eigenvalue weighted by Gasteiger charge is -2.23. The van der Waals surface area contributed by atoms with Gasteiger partial charge in [0.05, 0.1) is 11.2 Å². The zero-order valence-corrected chi connectivity index (χ0v) is 15.1. The fraction of sp³-hybridized carbons (Fsp3) is 0.526. The van der Waals surface area contributed by atoms with Crippen LogP contribution in [0.1, 0.15) is 69.9 Å². The summed E-state index contributed by atoms with van der Waals surface area (Å²) in [6.07, 6.45) is 3.04. The Labute approximate surface area is 139 Å². The standard InChI is InChI=1S/C19H29N3O/c1-7-17(15-10-8-9-11-18(15)23)20-13(2)16-12-22(19(4,5)6)21-14(16)3/h8-13,17,20,23H,7H2,1-6H3/t13-,17-/m0/s1. The Bertz CT molecular complexity index is 655. The number of phenolic OH excluding ortho intramolecular Hbond substituents is 1. The highest BCUT2D eigenvalue weighted by Crippen LogP contribution is 2.29. The molecule has 0 radical (unpaired) electrons. The molecule has 126 valence electrons. The summed E-state index contributed by atoms with van der Waals surface area (Å²) in [5, 5.41) is 18.4. The molecule has 0 saturated heterocycles. The average molecular weight is 315 g/mol. The maximum Gasteiger partial charge on any atom is 0.120 e. The first-order valence-electron chi connectivity index (χ1n) is 8.34. The van der Waals surface area contributed by atoms with Gasteiger partial charge in [-0.2, -0.15) is 5.10 Å². The molecule has 0 bridgehead atoms. The summed E-state index contributed by atoms with van der Waals surface area (Å²) in [5.41, 5.74) is 3.17. The van der Waals surface area contributed by atoms with Gasteiger partial charge >= 0.3 is 0 Å². The lowest BCUT2D eigenvalue weighted by Crippen LogP contribution is -2.25. The first-order chi connectivity index (χ1) is 10.7. The molecule has 2 atom stereocenters. The number of hydrogen-bond donors (Lipinski definition) is 2. The molecule has 0 aliphatic carbocycles. The Kier molecular flexibility index (Phi) is 5.15. The summed E-state index contributed by atoms with van der Waals surface area (Å²) < 4.78 is 2.02. The van der Waals surface area contributed by atoms with Crippen molar-refractivity contribution < 1.29 is 5.11 Å². The normalized spacial score (nSPS) is 14.7. The Morgan fingerprint density at radius 3 is 2.39 bits per heavy atom. The van der Waals surface area contributed by atoms with Crippen LogP contribution >= 0.6 is 0 Å². The van der Waals surface area contributed by atoms with E-state index in [9.17, 15) is 5.11 Å². The zero-order chi connectivity index (χ0) is 17.2. The van der Waals surface area contributed by atoms with Gasteiger partial charge < -0.3 is 10.4 Å². The van der Waals surface area contributed by atoms with E-state index in [0.717, 1.165) is 17.7 Å². The molecule has 4 heteroatoms. The fourth-order valence-corrected chi connectivity index (χ4v) is 2.84. The molecule has 0 spiro atoms. The summed E-state index contributed by atoms with van der Waals surface area (Å²) in [6, 6.07) is 7.82. The van der Waals surface area contributed by atoms with Crippen molar-refractivity contribution in [3.63, 3.8) is 0 Å². The molecular weight excluding hydrogens is 286 g/mol. The first kappa shape index (κ1) is 17.5. The van der Waals surface area contributed by atoms with Gasteiger partial charge in [-0.3, -0.25) is 4.68 Å². The zero-order valence-electron chi connectivity index (χ0n) is 15.1. The van der Waals surface area contributed by atoms with Gasteiger partial charge in [0.15, 0.2) is 0 Å². The second-order valence-electron chi connectivity index (χ2n) is 7.19. The van der Waals surface area contributed by atoms with Crippen molar-refractivity contribution in [2.24, 2.45) is 0 Å². The highest BCUT2D eigenvalue weighted by molar-refractivity contribution is 5.35. The summed E-state index contributed by atoms with van der Waals surface area (Å²) in [5.74, 6) is 0.348. The number of aromatic nitrogens is 2. The smallest absolute Gasteiger partial charge is 0.120 e. The third-order valence-electron chi connectivity index (χ3n) is 4.26. The summed E-state index contributed by atoms with van der Waals surface area (Å²) in [7, 11) is 0. The van der Waals surface area contributed by atoms with Crippen LogP contribution in [0.2, 0.25) is 0 Å². The molecule has 2 rings (SSSR count). The van der Waals surface area contributed by atoms with Crippen LogP contribution in [-0.2, 0) is 5.54 Å². The number of rotatable bonds is 5. The topological polar surface area (TPSA) is 50.1 Å². The maximum atomic E-state index is 10.1. The van der Waals surface area contributed by atoms with Crippen molar-refractivity contribution in [2.45, 2.75) is 65.6 Å². The van der Waals surface area contributed by atoms with Crippen LogP contribution in [0, 0.1) is 6.92 Å². The van der Waals surface area contributed by atoms with Crippen molar-refractivity contribution in [3.05, 3.63) is 47.3 Å². The van der Waals surface area contributed by atoms with Crippen molar-refractivity contribution in [1.82, 2.24) is 15.1 Å². The molecule has 23 heavy (non-hydrogen) atoms. The lowest BCUT2D eigenvalue weighted by atomic mass is 10.0. The monoisotopic (exact) mass is 315 g/mol. The van der Waals surface area contributed by atoms with Crippen molar-refractivity contribution in [3.8, 4) is 5.75 Å². The predicted molar refractivity (Wildman–Crippen MR) is 94.6 cm³/mol. The van der Waals surface area contributed by atoms with Crippen molar-refractivity contribution >= 4 is 0 Å². The number of benzene rings is 1. The van der Waals surface area contributed by atoms with Gasteiger partial charge in [-0.1, -0.05) is 25.1 Å². The minimum Gasteiger partial charge on any atom is -0.508 e. The third-order valence-corrected chi connectivity index (χ3v) is 4.26.